The van der Waals surface area contributed by atoms with Gasteiger partial charge in [0.05, 0.1) is 11.1 Å². The Morgan fingerprint density at radius 1 is 1.24 bits per heavy atom. The fraction of sp³-hybridized carbons (Fsp3) is 0.421. The lowest BCUT2D eigenvalue weighted by molar-refractivity contribution is 0.0151. The highest BCUT2D eigenvalue weighted by Crippen LogP contribution is 2.28. The molecule has 4 rings (SSSR count). The standard InChI is InChI=1S/C19H23N5O/c1-19(25)12-10-14(11-13-19)20-17-8-4-5-9-18(21-17)24-16-7-3-2-6-15(16)22-23-24/h2-3,5-9,14,20,25H,4,10-13H2,1H3. The number of rotatable bonds is 2. The van der Waals surface area contributed by atoms with Crippen molar-refractivity contribution < 1.29 is 5.11 Å². The van der Waals surface area contributed by atoms with E-state index >= 15 is 0 Å². The number of para-hydroxylation sites is 1. The first-order chi connectivity index (χ1) is 12.1. The molecule has 1 aliphatic heterocycles. The van der Waals surface area contributed by atoms with E-state index in [4.69, 9.17) is 4.99 Å². The average molecular weight is 337 g/mol. The second kappa shape index (κ2) is 6.44. The van der Waals surface area contributed by atoms with Crippen LogP contribution in [0.15, 0.2) is 53.3 Å². The molecule has 6 nitrogen and oxygen atoms in total. The zero-order valence-electron chi connectivity index (χ0n) is 14.4. The first-order valence-corrected chi connectivity index (χ1v) is 8.86. The number of hydrogen-bond acceptors (Lipinski definition) is 5. The molecule has 2 heterocycles. The highest BCUT2D eigenvalue weighted by molar-refractivity contribution is 6.00. The van der Waals surface area contributed by atoms with E-state index in [-0.39, 0.29) is 0 Å². The minimum Gasteiger partial charge on any atom is -0.390 e. The second-order valence-electron chi connectivity index (χ2n) is 7.10. The number of aliphatic imine (C=N–C) groups is 1. The molecule has 1 aromatic carbocycles. The maximum Gasteiger partial charge on any atom is 0.157 e. The third-order valence-corrected chi connectivity index (χ3v) is 4.93. The van der Waals surface area contributed by atoms with E-state index in [1.54, 1.807) is 4.68 Å². The van der Waals surface area contributed by atoms with Crippen LogP contribution >= 0.6 is 0 Å². The van der Waals surface area contributed by atoms with Crippen LogP contribution in [0.2, 0.25) is 0 Å². The van der Waals surface area contributed by atoms with Gasteiger partial charge in [-0.25, -0.2) is 4.99 Å². The molecule has 6 heteroatoms. The molecule has 0 spiro atoms. The molecule has 0 unspecified atom stereocenters. The van der Waals surface area contributed by atoms with Gasteiger partial charge in [0.25, 0.3) is 0 Å². The molecule has 25 heavy (non-hydrogen) atoms. The topological polar surface area (TPSA) is 75.3 Å². The van der Waals surface area contributed by atoms with Gasteiger partial charge in [0.15, 0.2) is 5.84 Å². The summed E-state index contributed by atoms with van der Waals surface area (Å²) < 4.78 is 1.78. The maximum atomic E-state index is 10.1. The van der Waals surface area contributed by atoms with Gasteiger partial charge in [-0.05, 0) is 63.3 Å². The van der Waals surface area contributed by atoms with Crippen molar-refractivity contribution in [2.24, 2.45) is 4.99 Å². The van der Waals surface area contributed by atoms with E-state index in [2.05, 4.69) is 27.8 Å². The molecule has 2 aliphatic rings. The Morgan fingerprint density at radius 3 is 2.88 bits per heavy atom. The van der Waals surface area contributed by atoms with Crippen LogP contribution in [0.5, 0.6) is 0 Å². The fourth-order valence-electron chi connectivity index (χ4n) is 3.40. The summed E-state index contributed by atoms with van der Waals surface area (Å²) in [5, 5.41) is 22.1. The first-order valence-electron chi connectivity index (χ1n) is 8.86. The van der Waals surface area contributed by atoms with E-state index in [1.807, 2.05) is 37.3 Å². The van der Waals surface area contributed by atoms with Gasteiger partial charge in [-0.2, -0.15) is 4.68 Å². The Bertz CT molecular complexity index is 852. The molecule has 130 valence electrons. The van der Waals surface area contributed by atoms with Crippen LogP contribution in [0.4, 0.5) is 0 Å². The van der Waals surface area contributed by atoms with Gasteiger partial charge in [-0.1, -0.05) is 23.4 Å². The lowest BCUT2D eigenvalue weighted by atomic mass is 9.84. The van der Waals surface area contributed by atoms with Crippen molar-refractivity contribution in [3.05, 3.63) is 48.3 Å². The predicted molar refractivity (Wildman–Crippen MR) is 98.2 cm³/mol. The third-order valence-electron chi connectivity index (χ3n) is 4.93. The third kappa shape index (κ3) is 3.49. The minimum atomic E-state index is -0.522. The van der Waals surface area contributed by atoms with Crippen molar-refractivity contribution in [2.75, 3.05) is 0 Å². The Morgan fingerprint density at radius 2 is 2.04 bits per heavy atom. The van der Waals surface area contributed by atoms with Gasteiger partial charge >= 0.3 is 0 Å². The zero-order valence-corrected chi connectivity index (χ0v) is 14.4. The van der Waals surface area contributed by atoms with Crippen LogP contribution in [0, 0.1) is 0 Å². The Labute approximate surface area is 147 Å². The van der Waals surface area contributed by atoms with Gasteiger partial charge in [-0.15, -0.1) is 5.10 Å². The van der Waals surface area contributed by atoms with Gasteiger partial charge in [0, 0.05) is 6.04 Å². The van der Waals surface area contributed by atoms with Gasteiger partial charge < -0.3 is 10.4 Å². The van der Waals surface area contributed by atoms with Crippen molar-refractivity contribution >= 4 is 16.9 Å². The monoisotopic (exact) mass is 337 g/mol. The summed E-state index contributed by atoms with van der Waals surface area (Å²) in [4.78, 5) is 4.78. The Kier molecular flexibility index (Phi) is 4.13. The number of allylic oxidation sites excluding steroid dienone is 3. The van der Waals surface area contributed by atoms with Crippen LogP contribution in [0.3, 0.4) is 0 Å². The lowest BCUT2D eigenvalue weighted by Gasteiger charge is -2.33. The SMILES string of the molecule is CC1(O)CCC(NC2=CCC=CC(n3nnc4ccccc43)=N2)CC1. The van der Waals surface area contributed by atoms with Crippen molar-refractivity contribution in [3.63, 3.8) is 0 Å². The normalized spacial score (nSPS) is 26.9. The minimum absolute atomic E-state index is 0.349. The number of fused-ring (bicyclic) bond motifs is 1. The summed E-state index contributed by atoms with van der Waals surface area (Å²) >= 11 is 0. The highest BCUT2D eigenvalue weighted by atomic mass is 16.3. The molecule has 2 aromatic rings. The predicted octanol–water partition coefficient (Wildman–Crippen LogP) is 2.76. The quantitative estimate of drug-likeness (QED) is 0.883. The number of aliphatic hydroxyl groups is 1. The van der Waals surface area contributed by atoms with E-state index < -0.39 is 5.60 Å². The summed E-state index contributed by atoms with van der Waals surface area (Å²) in [6.07, 6.45) is 10.5. The van der Waals surface area contributed by atoms with Gasteiger partial charge in [0.2, 0.25) is 0 Å². The summed E-state index contributed by atoms with van der Waals surface area (Å²) in [5.74, 6) is 1.62. The molecule has 1 aromatic heterocycles. The Hall–Kier alpha value is -2.47. The maximum absolute atomic E-state index is 10.1. The zero-order chi connectivity index (χ0) is 17.3. The number of benzene rings is 1. The molecule has 0 amide bonds. The molecule has 1 fully saturated rings. The van der Waals surface area contributed by atoms with E-state index in [1.165, 1.54) is 0 Å². The number of nitrogens with one attached hydrogen (secondary N) is 1. The number of hydrogen-bond donors (Lipinski definition) is 2. The molecule has 1 saturated carbocycles. The van der Waals surface area contributed by atoms with Crippen molar-refractivity contribution in [2.45, 2.75) is 50.7 Å². The van der Waals surface area contributed by atoms with Crippen LogP contribution in [-0.2, 0) is 0 Å². The second-order valence-corrected chi connectivity index (χ2v) is 7.10. The van der Waals surface area contributed by atoms with Gasteiger partial charge in [0.1, 0.15) is 11.3 Å². The summed E-state index contributed by atoms with van der Waals surface area (Å²) in [7, 11) is 0. The van der Waals surface area contributed by atoms with Crippen molar-refractivity contribution in [1.29, 1.82) is 0 Å². The largest absolute Gasteiger partial charge is 0.390 e. The Balaban J connectivity index is 1.56. The van der Waals surface area contributed by atoms with Crippen molar-refractivity contribution in [1.82, 2.24) is 20.3 Å². The molecular formula is C19H23N5O. The van der Waals surface area contributed by atoms with E-state index in [0.29, 0.717) is 6.04 Å². The molecular weight excluding hydrogens is 314 g/mol. The molecule has 0 saturated heterocycles. The number of aromatic nitrogens is 3. The van der Waals surface area contributed by atoms with Crippen LogP contribution in [-0.4, -0.2) is 37.6 Å². The fourth-order valence-corrected chi connectivity index (χ4v) is 3.40. The number of nitrogens with zero attached hydrogens (tertiary/aromatic N) is 4. The van der Waals surface area contributed by atoms with Crippen molar-refractivity contribution in [3.8, 4) is 0 Å². The smallest absolute Gasteiger partial charge is 0.157 e. The summed E-state index contributed by atoms with van der Waals surface area (Å²) in [6, 6.07) is 8.23. The molecule has 0 atom stereocenters. The molecule has 1 aliphatic carbocycles. The molecule has 0 radical (unpaired) electrons. The van der Waals surface area contributed by atoms with Crippen LogP contribution < -0.4 is 5.32 Å². The van der Waals surface area contributed by atoms with Crippen LogP contribution in [0.25, 0.3) is 11.0 Å². The lowest BCUT2D eigenvalue weighted by Crippen LogP contribution is -2.39. The molecule has 2 N–H and O–H groups in total. The van der Waals surface area contributed by atoms with Crippen LogP contribution in [0.1, 0.15) is 39.0 Å². The summed E-state index contributed by atoms with van der Waals surface area (Å²) in [6.45, 7) is 1.92. The molecule has 0 bridgehead atoms. The highest BCUT2D eigenvalue weighted by Gasteiger charge is 2.28. The summed E-state index contributed by atoms with van der Waals surface area (Å²) in [5.41, 5.74) is 1.28. The van der Waals surface area contributed by atoms with Gasteiger partial charge in [-0.3, -0.25) is 0 Å². The average Bonchev–Trinajstić information content (AvgIpc) is 2.90. The van der Waals surface area contributed by atoms with E-state index in [0.717, 1.165) is 54.8 Å². The first kappa shape index (κ1) is 16.0. The van der Waals surface area contributed by atoms with E-state index in [9.17, 15) is 5.11 Å².